The minimum Gasteiger partial charge on any atom is -0.288 e. The van der Waals surface area contributed by atoms with E-state index < -0.39 is 0 Å². The second kappa shape index (κ2) is 5.54. The first-order chi connectivity index (χ1) is 7.02. The summed E-state index contributed by atoms with van der Waals surface area (Å²) < 4.78 is 0. The molecule has 15 heavy (non-hydrogen) atoms. The molecule has 0 spiro atoms. The molecule has 1 amide bonds. The Bertz CT molecular complexity index is 261. The normalized spacial score (nSPS) is 20.0. The molecule has 0 unspecified atom stereocenters. The third kappa shape index (κ3) is 3.52. The van der Waals surface area contributed by atoms with Gasteiger partial charge in [0.15, 0.2) is 5.17 Å². The van der Waals surface area contributed by atoms with E-state index in [2.05, 4.69) is 18.8 Å². The molecule has 0 atom stereocenters. The first-order valence-electron chi connectivity index (χ1n) is 5.51. The second-order valence-corrected chi connectivity index (χ2v) is 5.44. The summed E-state index contributed by atoms with van der Waals surface area (Å²) in [5.74, 6) is 1.42. The average Bonchev–Trinajstić information content (AvgIpc) is 2.46. The van der Waals surface area contributed by atoms with Crippen LogP contribution in [0.4, 0.5) is 0 Å². The highest BCUT2D eigenvalue weighted by Crippen LogP contribution is 2.21. The smallest absolute Gasteiger partial charge is 0.239 e. The van der Waals surface area contributed by atoms with Crippen LogP contribution in [0.5, 0.6) is 0 Å². The van der Waals surface area contributed by atoms with Gasteiger partial charge in [-0.15, -0.1) is 0 Å². The van der Waals surface area contributed by atoms with Crippen molar-refractivity contribution in [1.29, 1.82) is 0 Å². The van der Waals surface area contributed by atoms with Gasteiger partial charge < -0.3 is 0 Å². The first-order valence-corrected chi connectivity index (χ1v) is 6.50. The second-order valence-electron chi connectivity index (χ2n) is 4.49. The van der Waals surface area contributed by atoms with Gasteiger partial charge >= 0.3 is 0 Å². The van der Waals surface area contributed by atoms with Crippen molar-refractivity contribution in [3.8, 4) is 0 Å². The van der Waals surface area contributed by atoms with E-state index in [0.29, 0.717) is 11.7 Å². The number of carbonyl (C=O) groups is 1. The Morgan fingerprint density at radius 3 is 2.60 bits per heavy atom. The minimum absolute atomic E-state index is 0.193. The monoisotopic (exact) mass is 228 g/mol. The van der Waals surface area contributed by atoms with E-state index >= 15 is 0 Å². The van der Waals surface area contributed by atoms with Gasteiger partial charge in [0.05, 0.1) is 5.75 Å². The summed E-state index contributed by atoms with van der Waals surface area (Å²) in [6.45, 7) is 9.26. The fourth-order valence-corrected chi connectivity index (χ4v) is 2.45. The summed E-state index contributed by atoms with van der Waals surface area (Å²) >= 11 is 1.56. The lowest BCUT2D eigenvalue weighted by atomic mass is 10.1. The van der Waals surface area contributed by atoms with Crippen molar-refractivity contribution in [2.75, 3.05) is 12.3 Å². The van der Waals surface area contributed by atoms with E-state index in [-0.39, 0.29) is 11.9 Å². The molecule has 1 saturated heterocycles. The predicted molar refractivity (Wildman–Crippen MR) is 66.2 cm³/mol. The summed E-state index contributed by atoms with van der Waals surface area (Å²) in [7, 11) is 0. The number of carbonyl (C=O) groups excluding carboxylic acids is 1. The van der Waals surface area contributed by atoms with Crippen molar-refractivity contribution < 1.29 is 4.79 Å². The Hall–Kier alpha value is -0.510. The lowest BCUT2D eigenvalue weighted by Gasteiger charge is -2.20. The first kappa shape index (κ1) is 12.6. The van der Waals surface area contributed by atoms with E-state index in [4.69, 9.17) is 0 Å². The number of thioether (sulfide) groups is 1. The van der Waals surface area contributed by atoms with Gasteiger partial charge in [0, 0.05) is 12.6 Å². The molecule has 1 heterocycles. The van der Waals surface area contributed by atoms with E-state index in [0.717, 1.165) is 18.1 Å². The van der Waals surface area contributed by atoms with Gasteiger partial charge in [0.25, 0.3) is 0 Å². The molecule has 0 aromatic carbocycles. The predicted octanol–water partition coefficient (Wildman–Crippen LogP) is 2.37. The molecule has 1 aliphatic heterocycles. The SMILES string of the molecule is CC(C)CCN=C1SCC(=O)N1C(C)C. The Morgan fingerprint density at radius 1 is 1.40 bits per heavy atom. The van der Waals surface area contributed by atoms with E-state index in [1.165, 1.54) is 0 Å². The molecular weight excluding hydrogens is 208 g/mol. The minimum atomic E-state index is 0.193. The van der Waals surface area contributed by atoms with Crippen LogP contribution in [0.2, 0.25) is 0 Å². The number of amides is 1. The summed E-state index contributed by atoms with van der Waals surface area (Å²) in [5, 5.41) is 0.913. The Morgan fingerprint density at radius 2 is 2.07 bits per heavy atom. The molecule has 86 valence electrons. The van der Waals surface area contributed by atoms with E-state index in [1.807, 2.05) is 18.7 Å². The van der Waals surface area contributed by atoms with Crippen molar-refractivity contribution >= 4 is 22.8 Å². The van der Waals surface area contributed by atoms with Crippen LogP contribution in [0.25, 0.3) is 0 Å². The van der Waals surface area contributed by atoms with Crippen molar-refractivity contribution in [3.63, 3.8) is 0 Å². The standard InChI is InChI=1S/C11H20N2OS/c1-8(2)5-6-12-11-13(9(3)4)10(14)7-15-11/h8-9H,5-7H2,1-4H3. The van der Waals surface area contributed by atoms with Crippen LogP contribution in [-0.4, -0.2) is 34.3 Å². The van der Waals surface area contributed by atoms with Crippen molar-refractivity contribution in [2.24, 2.45) is 10.9 Å². The van der Waals surface area contributed by atoms with Crippen LogP contribution in [0.1, 0.15) is 34.1 Å². The van der Waals surface area contributed by atoms with E-state index in [9.17, 15) is 4.79 Å². The summed E-state index contributed by atoms with van der Waals surface area (Å²) in [6.07, 6.45) is 1.09. The number of aliphatic imine (C=N–C) groups is 1. The van der Waals surface area contributed by atoms with Crippen molar-refractivity contribution in [1.82, 2.24) is 4.90 Å². The Kier molecular flexibility index (Phi) is 4.64. The fourth-order valence-electron chi connectivity index (χ4n) is 1.42. The number of amidine groups is 1. The molecule has 0 N–H and O–H groups in total. The summed E-state index contributed by atoms with van der Waals surface area (Å²) in [5.41, 5.74) is 0. The Balaban J connectivity index is 2.57. The third-order valence-electron chi connectivity index (χ3n) is 2.27. The number of rotatable bonds is 4. The molecule has 0 aliphatic carbocycles. The maximum atomic E-state index is 11.5. The molecule has 0 bridgehead atoms. The van der Waals surface area contributed by atoms with Crippen LogP contribution in [-0.2, 0) is 4.79 Å². The average molecular weight is 228 g/mol. The van der Waals surface area contributed by atoms with Crippen LogP contribution in [0.3, 0.4) is 0 Å². The van der Waals surface area contributed by atoms with Gasteiger partial charge in [-0.1, -0.05) is 25.6 Å². The van der Waals surface area contributed by atoms with Crippen LogP contribution in [0, 0.1) is 5.92 Å². The van der Waals surface area contributed by atoms with Gasteiger partial charge in [0.1, 0.15) is 0 Å². The van der Waals surface area contributed by atoms with Crippen molar-refractivity contribution in [3.05, 3.63) is 0 Å². The number of hydrogen-bond acceptors (Lipinski definition) is 3. The Labute approximate surface area is 96.3 Å². The largest absolute Gasteiger partial charge is 0.288 e. The quantitative estimate of drug-likeness (QED) is 0.740. The third-order valence-corrected chi connectivity index (χ3v) is 3.24. The fraction of sp³-hybridized carbons (Fsp3) is 0.818. The zero-order valence-corrected chi connectivity index (χ0v) is 10.8. The highest BCUT2D eigenvalue weighted by atomic mass is 32.2. The summed E-state index contributed by atoms with van der Waals surface area (Å²) in [6, 6.07) is 0.227. The van der Waals surface area contributed by atoms with Crippen LogP contribution < -0.4 is 0 Å². The highest BCUT2D eigenvalue weighted by Gasteiger charge is 2.29. The topological polar surface area (TPSA) is 32.7 Å². The molecule has 1 aliphatic rings. The zero-order valence-electron chi connectivity index (χ0n) is 9.99. The molecule has 1 fully saturated rings. The maximum absolute atomic E-state index is 11.5. The molecule has 3 nitrogen and oxygen atoms in total. The molecule has 4 heteroatoms. The molecule has 0 saturated carbocycles. The van der Waals surface area contributed by atoms with Crippen LogP contribution >= 0.6 is 11.8 Å². The molecule has 1 rings (SSSR count). The molecular formula is C11H20N2OS. The van der Waals surface area contributed by atoms with Gasteiger partial charge in [0.2, 0.25) is 5.91 Å². The number of nitrogens with zero attached hydrogens (tertiary/aromatic N) is 2. The van der Waals surface area contributed by atoms with Gasteiger partial charge in [-0.25, -0.2) is 0 Å². The maximum Gasteiger partial charge on any atom is 0.239 e. The lowest BCUT2D eigenvalue weighted by molar-refractivity contribution is -0.125. The van der Waals surface area contributed by atoms with Crippen LogP contribution in [0.15, 0.2) is 4.99 Å². The lowest BCUT2D eigenvalue weighted by Crippen LogP contribution is -2.35. The van der Waals surface area contributed by atoms with Gasteiger partial charge in [-0.05, 0) is 26.2 Å². The molecule has 0 aromatic heterocycles. The van der Waals surface area contributed by atoms with Gasteiger partial charge in [-0.2, -0.15) is 0 Å². The summed E-state index contributed by atoms with van der Waals surface area (Å²) in [4.78, 5) is 17.9. The highest BCUT2D eigenvalue weighted by molar-refractivity contribution is 8.15. The van der Waals surface area contributed by atoms with Crippen molar-refractivity contribution in [2.45, 2.75) is 40.2 Å². The number of hydrogen-bond donors (Lipinski definition) is 0. The van der Waals surface area contributed by atoms with E-state index in [1.54, 1.807) is 11.8 Å². The molecule has 0 aromatic rings. The molecule has 0 radical (unpaired) electrons. The zero-order chi connectivity index (χ0) is 11.4. The van der Waals surface area contributed by atoms with Gasteiger partial charge in [-0.3, -0.25) is 14.7 Å².